The highest BCUT2D eigenvalue weighted by Gasteiger charge is 2.17. The van der Waals surface area contributed by atoms with Gasteiger partial charge >= 0.3 is 5.97 Å². The van der Waals surface area contributed by atoms with E-state index in [-0.39, 0.29) is 5.56 Å². The van der Waals surface area contributed by atoms with Crippen LogP contribution >= 0.6 is 15.9 Å². The Morgan fingerprint density at radius 1 is 1.21 bits per heavy atom. The molecule has 0 aliphatic carbocycles. The van der Waals surface area contributed by atoms with Crippen LogP contribution in [0.3, 0.4) is 0 Å². The third-order valence-electron chi connectivity index (χ3n) is 3.23. The molecule has 0 radical (unpaired) electrons. The highest BCUT2D eigenvalue weighted by Crippen LogP contribution is 2.18. The first kappa shape index (κ1) is 18.1. The summed E-state index contributed by atoms with van der Waals surface area (Å²) in [6.07, 6.45) is 0. The standard InChI is InChI=1S/C17H14BrF2NO3/c1-10(12-7-6-11(19)8-15(12)20)21-16(22)9-24-17(23)13-4-2-3-5-14(13)18/h2-8,10H,9H2,1H3,(H,21,22)/t10-/m0/s1. The summed E-state index contributed by atoms with van der Waals surface area (Å²) in [4.78, 5) is 23.7. The molecular weight excluding hydrogens is 384 g/mol. The summed E-state index contributed by atoms with van der Waals surface area (Å²) >= 11 is 3.21. The van der Waals surface area contributed by atoms with Crippen LogP contribution in [0.2, 0.25) is 0 Å². The topological polar surface area (TPSA) is 55.4 Å². The van der Waals surface area contributed by atoms with Crippen LogP contribution in [0.15, 0.2) is 46.9 Å². The van der Waals surface area contributed by atoms with E-state index in [1.165, 1.54) is 6.07 Å². The lowest BCUT2D eigenvalue weighted by Gasteiger charge is -2.15. The van der Waals surface area contributed by atoms with Gasteiger partial charge in [-0.3, -0.25) is 4.79 Å². The Morgan fingerprint density at radius 3 is 2.58 bits per heavy atom. The largest absolute Gasteiger partial charge is 0.452 e. The van der Waals surface area contributed by atoms with Crippen molar-refractivity contribution in [2.45, 2.75) is 13.0 Å². The van der Waals surface area contributed by atoms with Crippen molar-refractivity contribution < 1.29 is 23.1 Å². The van der Waals surface area contributed by atoms with E-state index in [4.69, 9.17) is 4.74 Å². The Balaban J connectivity index is 1.91. The zero-order valence-electron chi connectivity index (χ0n) is 12.7. The third-order valence-corrected chi connectivity index (χ3v) is 3.93. The fourth-order valence-corrected chi connectivity index (χ4v) is 2.50. The monoisotopic (exact) mass is 397 g/mol. The molecule has 1 atom stereocenters. The molecule has 126 valence electrons. The number of carbonyl (C=O) groups is 2. The molecule has 0 unspecified atom stereocenters. The summed E-state index contributed by atoms with van der Waals surface area (Å²) in [5.41, 5.74) is 0.435. The fraction of sp³-hybridized carbons (Fsp3) is 0.176. The lowest BCUT2D eigenvalue weighted by atomic mass is 10.1. The maximum absolute atomic E-state index is 13.6. The molecule has 0 heterocycles. The van der Waals surface area contributed by atoms with Crippen molar-refractivity contribution in [2.24, 2.45) is 0 Å². The van der Waals surface area contributed by atoms with Gasteiger partial charge in [-0.2, -0.15) is 0 Å². The summed E-state index contributed by atoms with van der Waals surface area (Å²) in [7, 11) is 0. The van der Waals surface area contributed by atoms with Crippen LogP contribution in [0.25, 0.3) is 0 Å². The minimum Gasteiger partial charge on any atom is -0.452 e. The molecule has 0 fully saturated rings. The molecule has 4 nitrogen and oxygen atoms in total. The van der Waals surface area contributed by atoms with Crippen molar-refractivity contribution in [1.29, 1.82) is 0 Å². The average molecular weight is 398 g/mol. The molecule has 2 aromatic rings. The number of hydrogen-bond donors (Lipinski definition) is 1. The smallest absolute Gasteiger partial charge is 0.339 e. The van der Waals surface area contributed by atoms with Gasteiger partial charge in [0.05, 0.1) is 11.6 Å². The Labute approximate surface area is 145 Å². The number of benzene rings is 2. The van der Waals surface area contributed by atoms with E-state index in [1.54, 1.807) is 31.2 Å². The van der Waals surface area contributed by atoms with Gasteiger partial charge in [-0.1, -0.05) is 18.2 Å². The Morgan fingerprint density at radius 2 is 1.92 bits per heavy atom. The summed E-state index contributed by atoms with van der Waals surface area (Å²) in [6.45, 7) is 1.04. The molecule has 1 amide bonds. The Kier molecular flexibility index (Phi) is 6.03. The van der Waals surface area contributed by atoms with E-state index < -0.39 is 36.2 Å². The molecule has 0 aliphatic heterocycles. The normalized spacial score (nSPS) is 11.7. The highest BCUT2D eigenvalue weighted by molar-refractivity contribution is 9.10. The quantitative estimate of drug-likeness (QED) is 0.781. The van der Waals surface area contributed by atoms with Gasteiger partial charge in [0.15, 0.2) is 6.61 Å². The molecule has 0 spiro atoms. The molecule has 0 saturated heterocycles. The lowest BCUT2D eigenvalue weighted by Crippen LogP contribution is -2.31. The van der Waals surface area contributed by atoms with Gasteiger partial charge in [-0.15, -0.1) is 0 Å². The van der Waals surface area contributed by atoms with E-state index >= 15 is 0 Å². The number of hydrogen-bond acceptors (Lipinski definition) is 3. The Hall–Kier alpha value is -2.28. The molecule has 0 aliphatic rings. The van der Waals surface area contributed by atoms with Crippen molar-refractivity contribution in [3.63, 3.8) is 0 Å². The highest BCUT2D eigenvalue weighted by atomic mass is 79.9. The van der Waals surface area contributed by atoms with Gasteiger partial charge in [-0.25, -0.2) is 13.6 Å². The minimum absolute atomic E-state index is 0.141. The van der Waals surface area contributed by atoms with Crippen LogP contribution in [0.1, 0.15) is 28.9 Å². The summed E-state index contributed by atoms with van der Waals surface area (Å²) in [6, 6.07) is 9.05. The molecule has 1 N–H and O–H groups in total. The van der Waals surface area contributed by atoms with Crippen LogP contribution in [0.4, 0.5) is 8.78 Å². The van der Waals surface area contributed by atoms with Crippen LogP contribution < -0.4 is 5.32 Å². The van der Waals surface area contributed by atoms with Gasteiger partial charge < -0.3 is 10.1 Å². The third kappa shape index (κ3) is 4.61. The van der Waals surface area contributed by atoms with E-state index in [9.17, 15) is 18.4 Å². The maximum Gasteiger partial charge on any atom is 0.339 e. The number of esters is 1. The summed E-state index contributed by atoms with van der Waals surface area (Å²) < 4.78 is 32.0. The van der Waals surface area contributed by atoms with Crippen LogP contribution in [-0.4, -0.2) is 18.5 Å². The van der Waals surface area contributed by atoms with Crippen molar-refractivity contribution in [3.05, 3.63) is 69.7 Å². The summed E-state index contributed by atoms with van der Waals surface area (Å²) in [5.74, 6) is -2.70. The Bertz CT molecular complexity index is 767. The fourth-order valence-electron chi connectivity index (χ4n) is 2.05. The van der Waals surface area contributed by atoms with Crippen LogP contribution in [0.5, 0.6) is 0 Å². The lowest BCUT2D eigenvalue weighted by molar-refractivity contribution is -0.124. The predicted molar refractivity (Wildman–Crippen MR) is 87.3 cm³/mol. The first-order chi connectivity index (χ1) is 11.4. The van der Waals surface area contributed by atoms with Crippen molar-refractivity contribution >= 4 is 27.8 Å². The average Bonchev–Trinajstić information content (AvgIpc) is 2.52. The molecule has 24 heavy (non-hydrogen) atoms. The van der Waals surface area contributed by atoms with Gasteiger partial charge in [0.25, 0.3) is 5.91 Å². The first-order valence-corrected chi connectivity index (χ1v) is 7.83. The van der Waals surface area contributed by atoms with Gasteiger partial charge in [0.1, 0.15) is 11.6 Å². The maximum atomic E-state index is 13.6. The number of carbonyl (C=O) groups excluding carboxylic acids is 2. The number of rotatable bonds is 5. The van der Waals surface area contributed by atoms with Crippen molar-refractivity contribution in [3.8, 4) is 0 Å². The number of amides is 1. The molecule has 2 rings (SSSR count). The van der Waals surface area contributed by atoms with Gasteiger partial charge in [0, 0.05) is 16.1 Å². The second-order valence-corrected chi connectivity index (χ2v) is 5.87. The second kappa shape index (κ2) is 8.01. The number of ether oxygens (including phenoxy) is 1. The molecule has 7 heteroatoms. The molecule has 0 saturated carbocycles. The molecular formula is C17H14BrF2NO3. The van der Waals surface area contributed by atoms with Crippen LogP contribution in [-0.2, 0) is 9.53 Å². The van der Waals surface area contributed by atoms with E-state index in [2.05, 4.69) is 21.2 Å². The minimum atomic E-state index is -0.756. The van der Waals surface area contributed by atoms with Crippen molar-refractivity contribution in [2.75, 3.05) is 6.61 Å². The van der Waals surface area contributed by atoms with Crippen LogP contribution in [0, 0.1) is 11.6 Å². The van der Waals surface area contributed by atoms with E-state index in [0.29, 0.717) is 10.0 Å². The first-order valence-electron chi connectivity index (χ1n) is 7.04. The molecule has 0 aromatic heterocycles. The zero-order valence-corrected chi connectivity index (χ0v) is 14.3. The zero-order chi connectivity index (χ0) is 17.7. The van der Waals surface area contributed by atoms with Gasteiger partial charge in [0.2, 0.25) is 0 Å². The molecule has 0 bridgehead atoms. The second-order valence-electron chi connectivity index (χ2n) is 5.01. The van der Waals surface area contributed by atoms with E-state index in [1.807, 2.05) is 0 Å². The summed E-state index contributed by atoms with van der Waals surface area (Å²) in [5, 5.41) is 2.49. The molecule has 2 aromatic carbocycles. The number of nitrogens with one attached hydrogen (secondary N) is 1. The predicted octanol–water partition coefficient (Wildman–Crippen LogP) is 3.76. The number of halogens is 3. The van der Waals surface area contributed by atoms with E-state index in [0.717, 1.165) is 12.1 Å². The SMILES string of the molecule is C[C@H](NC(=O)COC(=O)c1ccccc1Br)c1ccc(F)cc1F. The van der Waals surface area contributed by atoms with Gasteiger partial charge in [-0.05, 0) is 41.1 Å². The van der Waals surface area contributed by atoms with Crippen molar-refractivity contribution in [1.82, 2.24) is 5.32 Å².